The van der Waals surface area contributed by atoms with E-state index in [1.54, 1.807) is 0 Å². The molecule has 0 saturated carbocycles. The minimum Gasteiger partial charge on any atom is -0.336 e. The standard InChI is InChI=1S/C22H28N2O/c1-18(2)24(16-20-11-7-4-8-12-20)22(25)21-13-14-23(17-21)15-19-9-5-3-6-10-19/h3-12,18,21H,13-17H2,1-2H3. The summed E-state index contributed by atoms with van der Waals surface area (Å²) in [5, 5.41) is 0. The molecule has 0 radical (unpaired) electrons. The van der Waals surface area contributed by atoms with Crippen LogP contribution in [0.2, 0.25) is 0 Å². The molecule has 1 saturated heterocycles. The van der Waals surface area contributed by atoms with Gasteiger partial charge in [0.05, 0.1) is 5.92 Å². The van der Waals surface area contributed by atoms with E-state index in [-0.39, 0.29) is 12.0 Å². The van der Waals surface area contributed by atoms with Crippen molar-refractivity contribution < 1.29 is 4.79 Å². The molecule has 1 amide bonds. The highest BCUT2D eigenvalue weighted by atomic mass is 16.2. The van der Waals surface area contributed by atoms with Crippen molar-refractivity contribution in [1.82, 2.24) is 9.80 Å². The number of hydrogen-bond acceptors (Lipinski definition) is 2. The topological polar surface area (TPSA) is 23.6 Å². The minimum atomic E-state index is 0.120. The zero-order valence-electron chi connectivity index (χ0n) is 15.3. The van der Waals surface area contributed by atoms with Crippen molar-refractivity contribution in [2.45, 2.75) is 39.4 Å². The van der Waals surface area contributed by atoms with Crippen LogP contribution in [0.25, 0.3) is 0 Å². The molecule has 2 aromatic carbocycles. The highest BCUT2D eigenvalue weighted by molar-refractivity contribution is 5.79. The quantitative estimate of drug-likeness (QED) is 0.797. The molecule has 0 bridgehead atoms. The van der Waals surface area contributed by atoms with Crippen LogP contribution in [0.15, 0.2) is 60.7 Å². The number of carbonyl (C=O) groups excluding carboxylic acids is 1. The maximum atomic E-state index is 13.1. The molecule has 3 nitrogen and oxygen atoms in total. The molecule has 1 unspecified atom stereocenters. The summed E-state index contributed by atoms with van der Waals surface area (Å²) >= 11 is 0. The van der Waals surface area contributed by atoms with E-state index in [2.05, 4.69) is 55.1 Å². The van der Waals surface area contributed by atoms with Gasteiger partial charge in [-0.15, -0.1) is 0 Å². The average Bonchev–Trinajstić information content (AvgIpc) is 3.09. The third-order valence-electron chi connectivity index (χ3n) is 4.97. The molecule has 1 atom stereocenters. The molecule has 132 valence electrons. The van der Waals surface area contributed by atoms with E-state index >= 15 is 0 Å². The van der Waals surface area contributed by atoms with Gasteiger partial charge in [-0.2, -0.15) is 0 Å². The third-order valence-corrected chi connectivity index (χ3v) is 4.97. The van der Waals surface area contributed by atoms with Crippen LogP contribution in [0.1, 0.15) is 31.4 Å². The van der Waals surface area contributed by atoms with Crippen LogP contribution in [0, 0.1) is 5.92 Å². The molecule has 1 heterocycles. The van der Waals surface area contributed by atoms with Gasteiger partial charge in [0, 0.05) is 25.7 Å². The van der Waals surface area contributed by atoms with Crippen molar-refractivity contribution in [2.75, 3.05) is 13.1 Å². The fourth-order valence-corrected chi connectivity index (χ4v) is 3.55. The molecule has 0 aromatic heterocycles. The summed E-state index contributed by atoms with van der Waals surface area (Å²) in [5.74, 6) is 0.421. The first kappa shape index (κ1) is 17.7. The second-order valence-electron chi connectivity index (χ2n) is 7.25. The maximum absolute atomic E-state index is 13.1. The van der Waals surface area contributed by atoms with Gasteiger partial charge in [0.25, 0.3) is 0 Å². The Kier molecular flexibility index (Phi) is 5.87. The van der Waals surface area contributed by atoms with Gasteiger partial charge in [-0.3, -0.25) is 9.69 Å². The molecule has 1 aliphatic rings. The highest BCUT2D eigenvalue weighted by Gasteiger charge is 2.32. The van der Waals surface area contributed by atoms with Crippen molar-refractivity contribution in [2.24, 2.45) is 5.92 Å². The monoisotopic (exact) mass is 336 g/mol. The summed E-state index contributed by atoms with van der Waals surface area (Å²) in [6, 6.07) is 21.0. The van der Waals surface area contributed by atoms with E-state index in [0.717, 1.165) is 26.1 Å². The summed E-state index contributed by atoms with van der Waals surface area (Å²) in [4.78, 5) is 17.5. The molecular weight excluding hydrogens is 308 g/mol. The lowest BCUT2D eigenvalue weighted by Crippen LogP contribution is -2.41. The molecule has 1 fully saturated rings. The fourth-order valence-electron chi connectivity index (χ4n) is 3.55. The van der Waals surface area contributed by atoms with Crippen LogP contribution in [-0.4, -0.2) is 34.8 Å². The first-order chi connectivity index (χ1) is 12.1. The number of hydrogen-bond donors (Lipinski definition) is 0. The third kappa shape index (κ3) is 4.70. The van der Waals surface area contributed by atoms with E-state index in [9.17, 15) is 4.79 Å². The van der Waals surface area contributed by atoms with Crippen LogP contribution in [0.3, 0.4) is 0 Å². The van der Waals surface area contributed by atoms with E-state index in [0.29, 0.717) is 12.5 Å². The number of carbonyl (C=O) groups is 1. The molecular formula is C22H28N2O. The predicted octanol–water partition coefficient (Wildman–Crippen LogP) is 3.95. The largest absolute Gasteiger partial charge is 0.336 e. The Morgan fingerprint density at radius 1 is 1.04 bits per heavy atom. The van der Waals surface area contributed by atoms with Gasteiger partial charge in [-0.25, -0.2) is 0 Å². The summed E-state index contributed by atoms with van der Waals surface area (Å²) in [6.45, 7) is 7.72. The number of rotatable bonds is 6. The molecule has 25 heavy (non-hydrogen) atoms. The van der Waals surface area contributed by atoms with Gasteiger partial charge < -0.3 is 4.90 Å². The van der Waals surface area contributed by atoms with Gasteiger partial charge in [0.15, 0.2) is 0 Å². The fraction of sp³-hybridized carbons (Fsp3) is 0.409. The van der Waals surface area contributed by atoms with Crippen molar-refractivity contribution >= 4 is 5.91 Å². The lowest BCUT2D eigenvalue weighted by Gasteiger charge is -2.29. The normalized spacial score (nSPS) is 17.8. The average molecular weight is 336 g/mol. The highest BCUT2D eigenvalue weighted by Crippen LogP contribution is 2.23. The van der Waals surface area contributed by atoms with Crippen LogP contribution < -0.4 is 0 Å². The van der Waals surface area contributed by atoms with Gasteiger partial charge in [0.2, 0.25) is 5.91 Å². The lowest BCUT2D eigenvalue weighted by atomic mass is 10.1. The smallest absolute Gasteiger partial charge is 0.227 e. The van der Waals surface area contributed by atoms with Crippen molar-refractivity contribution in [3.63, 3.8) is 0 Å². The minimum absolute atomic E-state index is 0.120. The summed E-state index contributed by atoms with van der Waals surface area (Å²) in [6.07, 6.45) is 0.962. The Hall–Kier alpha value is -2.13. The van der Waals surface area contributed by atoms with E-state index < -0.39 is 0 Å². The van der Waals surface area contributed by atoms with Gasteiger partial charge in [-0.1, -0.05) is 60.7 Å². The number of nitrogens with zero attached hydrogens (tertiary/aromatic N) is 2. The van der Waals surface area contributed by atoms with Crippen LogP contribution in [-0.2, 0) is 17.9 Å². The Balaban J connectivity index is 1.61. The van der Waals surface area contributed by atoms with Crippen molar-refractivity contribution in [1.29, 1.82) is 0 Å². The first-order valence-corrected chi connectivity index (χ1v) is 9.24. The van der Waals surface area contributed by atoms with Crippen molar-refractivity contribution in [3.05, 3.63) is 71.8 Å². The molecule has 0 spiro atoms. The lowest BCUT2D eigenvalue weighted by molar-refractivity contribution is -0.137. The summed E-state index contributed by atoms with van der Waals surface area (Å²) < 4.78 is 0. The van der Waals surface area contributed by atoms with Crippen LogP contribution >= 0.6 is 0 Å². The zero-order valence-corrected chi connectivity index (χ0v) is 15.3. The second kappa shape index (κ2) is 8.30. The first-order valence-electron chi connectivity index (χ1n) is 9.24. The van der Waals surface area contributed by atoms with Gasteiger partial charge in [0.1, 0.15) is 0 Å². The number of likely N-dealkylation sites (tertiary alicyclic amines) is 1. The van der Waals surface area contributed by atoms with Crippen molar-refractivity contribution in [3.8, 4) is 0 Å². The van der Waals surface area contributed by atoms with E-state index in [4.69, 9.17) is 0 Å². The van der Waals surface area contributed by atoms with Gasteiger partial charge in [-0.05, 0) is 37.9 Å². The zero-order chi connectivity index (χ0) is 17.6. The SMILES string of the molecule is CC(C)N(Cc1ccccc1)C(=O)C1CCN(Cc2ccccc2)C1. The molecule has 3 heteroatoms. The molecule has 0 N–H and O–H groups in total. The van der Waals surface area contributed by atoms with E-state index in [1.807, 2.05) is 29.2 Å². The predicted molar refractivity (Wildman–Crippen MR) is 102 cm³/mol. The number of amides is 1. The summed E-state index contributed by atoms with van der Waals surface area (Å²) in [7, 11) is 0. The molecule has 3 rings (SSSR count). The summed E-state index contributed by atoms with van der Waals surface area (Å²) in [5.41, 5.74) is 2.52. The maximum Gasteiger partial charge on any atom is 0.227 e. The Labute approximate surface area is 151 Å². The molecule has 1 aliphatic heterocycles. The van der Waals surface area contributed by atoms with Gasteiger partial charge >= 0.3 is 0 Å². The number of benzene rings is 2. The van der Waals surface area contributed by atoms with E-state index in [1.165, 1.54) is 11.1 Å². The Bertz CT molecular complexity index is 669. The van der Waals surface area contributed by atoms with Crippen LogP contribution in [0.4, 0.5) is 0 Å². The molecule has 2 aromatic rings. The Morgan fingerprint density at radius 3 is 2.24 bits per heavy atom. The second-order valence-corrected chi connectivity index (χ2v) is 7.25. The Morgan fingerprint density at radius 2 is 1.64 bits per heavy atom. The molecule has 0 aliphatic carbocycles. The van der Waals surface area contributed by atoms with Crippen LogP contribution in [0.5, 0.6) is 0 Å².